The van der Waals surface area contributed by atoms with Crippen molar-refractivity contribution in [2.24, 2.45) is 0 Å². The van der Waals surface area contributed by atoms with Crippen LogP contribution in [0.5, 0.6) is 0 Å². The topological polar surface area (TPSA) is 20.3 Å². The minimum Gasteiger partial charge on any atom is -0.337 e. The van der Waals surface area contributed by atoms with Crippen LogP contribution in [0.15, 0.2) is 48.5 Å². The van der Waals surface area contributed by atoms with Crippen molar-refractivity contribution in [2.75, 3.05) is 7.05 Å². The third-order valence-electron chi connectivity index (χ3n) is 2.80. The summed E-state index contributed by atoms with van der Waals surface area (Å²) < 4.78 is 26.3. The van der Waals surface area contributed by atoms with Gasteiger partial charge in [0.1, 0.15) is 11.6 Å². The largest absolute Gasteiger partial charge is 0.337 e. The van der Waals surface area contributed by atoms with E-state index in [2.05, 4.69) is 0 Å². The molecule has 0 aromatic heterocycles. The van der Waals surface area contributed by atoms with E-state index < -0.39 is 5.82 Å². The van der Waals surface area contributed by atoms with Gasteiger partial charge in [-0.3, -0.25) is 4.79 Å². The molecular formula is C15H13F2NO. The molecule has 0 radical (unpaired) electrons. The second-order valence-electron chi connectivity index (χ2n) is 4.26. The Hall–Kier alpha value is -2.23. The molecule has 0 aliphatic heterocycles. The Morgan fingerprint density at radius 2 is 1.68 bits per heavy atom. The maximum Gasteiger partial charge on any atom is 0.253 e. The highest BCUT2D eigenvalue weighted by Crippen LogP contribution is 2.12. The molecular weight excluding hydrogens is 248 g/mol. The molecule has 19 heavy (non-hydrogen) atoms. The first-order chi connectivity index (χ1) is 9.08. The highest BCUT2D eigenvalue weighted by molar-refractivity contribution is 5.93. The number of hydrogen-bond acceptors (Lipinski definition) is 1. The summed E-state index contributed by atoms with van der Waals surface area (Å²) in [5.74, 6) is -1.02. The summed E-state index contributed by atoms with van der Waals surface area (Å²) in [5, 5.41) is 0. The average molecular weight is 261 g/mol. The molecule has 98 valence electrons. The highest BCUT2D eigenvalue weighted by atomic mass is 19.1. The summed E-state index contributed by atoms with van der Waals surface area (Å²) in [5.41, 5.74) is 0.820. The second kappa shape index (κ2) is 5.61. The van der Waals surface area contributed by atoms with Gasteiger partial charge in [-0.1, -0.05) is 18.2 Å². The Morgan fingerprint density at radius 1 is 1.05 bits per heavy atom. The van der Waals surface area contributed by atoms with Gasteiger partial charge >= 0.3 is 0 Å². The summed E-state index contributed by atoms with van der Waals surface area (Å²) in [6, 6.07) is 11.6. The minimum atomic E-state index is -0.395. The van der Waals surface area contributed by atoms with Crippen LogP contribution in [-0.4, -0.2) is 17.9 Å². The molecule has 4 heteroatoms. The summed E-state index contributed by atoms with van der Waals surface area (Å²) in [6.45, 7) is 0.170. The number of benzene rings is 2. The lowest BCUT2D eigenvalue weighted by molar-refractivity contribution is 0.0784. The molecule has 1 amide bonds. The number of amides is 1. The van der Waals surface area contributed by atoms with E-state index in [1.165, 1.54) is 35.2 Å². The van der Waals surface area contributed by atoms with Crippen LogP contribution < -0.4 is 0 Å². The minimum absolute atomic E-state index is 0.170. The third-order valence-corrected chi connectivity index (χ3v) is 2.80. The Labute approximate surface area is 110 Å². The fourth-order valence-corrected chi connectivity index (χ4v) is 1.77. The molecule has 0 saturated heterocycles. The molecule has 0 heterocycles. The van der Waals surface area contributed by atoms with Crippen molar-refractivity contribution in [1.82, 2.24) is 4.90 Å². The van der Waals surface area contributed by atoms with Crippen LogP contribution in [0, 0.1) is 11.6 Å². The van der Waals surface area contributed by atoms with Crippen molar-refractivity contribution in [1.29, 1.82) is 0 Å². The summed E-state index contributed by atoms with van der Waals surface area (Å²) in [4.78, 5) is 13.4. The number of hydrogen-bond donors (Lipinski definition) is 0. The van der Waals surface area contributed by atoms with Crippen molar-refractivity contribution >= 4 is 5.91 Å². The highest BCUT2D eigenvalue weighted by Gasteiger charge is 2.13. The quantitative estimate of drug-likeness (QED) is 0.830. The molecule has 0 N–H and O–H groups in total. The van der Waals surface area contributed by atoms with Gasteiger partial charge in [0.25, 0.3) is 5.91 Å². The summed E-state index contributed by atoms with van der Waals surface area (Å²) >= 11 is 0. The number of halogens is 2. The van der Waals surface area contributed by atoms with Crippen molar-refractivity contribution in [3.05, 3.63) is 71.3 Å². The molecule has 2 aromatic rings. The monoisotopic (exact) mass is 261 g/mol. The molecule has 2 rings (SSSR count). The van der Waals surface area contributed by atoms with Crippen LogP contribution in [0.25, 0.3) is 0 Å². The van der Waals surface area contributed by atoms with E-state index in [4.69, 9.17) is 0 Å². The molecule has 0 saturated carbocycles. The zero-order valence-corrected chi connectivity index (χ0v) is 10.4. The van der Waals surface area contributed by atoms with Crippen LogP contribution in [0.4, 0.5) is 8.78 Å². The van der Waals surface area contributed by atoms with Gasteiger partial charge < -0.3 is 4.90 Å². The molecule has 2 aromatic carbocycles. The molecule has 0 fully saturated rings. The Kier molecular flexibility index (Phi) is 3.90. The van der Waals surface area contributed by atoms with Crippen LogP contribution >= 0.6 is 0 Å². The SMILES string of the molecule is CN(Cc1ccccc1F)C(=O)c1ccc(F)cc1. The Bertz CT molecular complexity index is 581. The van der Waals surface area contributed by atoms with E-state index in [1.807, 2.05) is 0 Å². The molecule has 0 atom stereocenters. The van der Waals surface area contributed by atoms with E-state index in [1.54, 1.807) is 25.2 Å². The zero-order chi connectivity index (χ0) is 13.8. The standard InChI is InChI=1S/C15H13F2NO/c1-18(10-12-4-2-3-5-14(12)17)15(19)11-6-8-13(16)9-7-11/h2-9H,10H2,1H3. The van der Waals surface area contributed by atoms with Gasteiger partial charge in [-0.05, 0) is 30.3 Å². The first-order valence-electron chi connectivity index (χ1n) is 5.82. The molecule has 0 aliphatic rings. The average Bonchev–Trinajstić information content (AvgIpc) is 2.41. The Morgan fingerprint density at radius 3 is 2.32 bits per heavy atom. The van der Waals surface area contributed by atoms with Crippen molar-refractivity contribution < 1.29 is 13.6 Å². The lowest BCUT2D eigenvalue weighted by Crippen LogP contribution is -2.26. The van der Waals surface area contributed by atoms with Gasteiger partial charge in [-0.15, -0.1) is 0 Å². The van der Waals surface area contributed by atoms with Gasteiger partial charge in [-0.25, -0.2) is 8.78 Å². The lowest BCUT2D eigenvalue weighted by Gasteiger charge is -2.17. The van der Waals surface area contributed by atoms with Crippen molar-refractivity contribution in [3.8, 4) is 0 Å². The first kappa shape index (κ1) is 13.2. The van der Waals surface area contributed by atoms with E-state index in [0.717, 1.165) is 0 Å². The fraction of sp³-hybridized carbons (Fsp3) is 0.133. The molecule has 2 nitrogen and oxygen atoms in total. The predicted octanol–water partition coefficient (Wildman–Crippen LogP) is 3.24. The van der Waals surface area contributed by atoms with Crippen LogP contribution in [0.1, 0.15) is 15.9 Å². The number of carbonyl (C=O) groups excluding carboxylic acids is 1. The molecule has 0 unspecified atom stereocenters. The molecule has 0 aliphatic carbocycles. The third kappa shape index (κ3) is 3.16. The summed E-state index contributed by atoms with van der Waals surface area (Å²) in [6.07, 6.45) is 0. The maximum atomic E-state index is 13.5. The van der Waals surface area contributed by atoms with E-state index in [-0.39, 0.29) is 18.3 Å². The van der Waals surface area contributed by atoms with Crippen LogP contribution in [0.2, 0.25) is 0 Å². The predicted molar refractivity (Wildman–Crippen MR) is 68.6 cm³/mol. The van der Waals surface area contributed by atoms with Crippen LogP contribution in [0.3, 0.4) is 0 Å². The van der Waals surface area contributed by atoms with Gasteiger partial charge in [-0.2, -0.15) is 0 Å². The van der Waals surface area contributed by atoms with Gasteiger partial charge in [0.2, 0.25) is 0 Å². The smallest absolute Gasteiger partial charge is 0.253 e. The Balaban J connectivity index is 2.12. The summed E-state index contributed by atoms with van der Waals surface area (Å²) in [7, 11) is 1.58. The fourth-order valence-electron chi connectivity index (χ4n) is 1.77. The first-order valence-corrected chi connectivity index (χ1v) is 5.82. The zero-order valence-electron chi connectivity index (χ0n) is 10.4. The van der Waals surface area contributed by atoms with E-state index in [9.17, 15) is 13.6 Å². The van der Waals surface area contributed by atoms with Gasteiger partial charge in [0.15, 0.2) is 0 Å². The van der Waals surface area contributed by atoms with E-state index in [0.29, 0.717) is 11.1 Å². The van der Waals surface area contributed by atoms with Gasteiger partial charge in [0.05, 0.1) is 0 Å². The van der Waals surface area contributed by atoms with Crippen molar-refractivity contribution in [3.63, 3.8) is 0 Å². The number of nitrogens with zero attached hydrogens (tertiary/aromatic N) is 1. The second-order valence-corrected chi connectivity index (χ2v) is 4.26. The van der Waals surface area contributed by atoms with E-state index >= 15 is 0 Å². The maximum absolute atomic E-state index is 13.5. The van der Waals surface area contributed by atoms with Gasteiger partial charge in [0, 0.05) is 24.7 Å². The van der Waals surface area contributed by atoms with Crippen molar-refractivity contribution in [2.45, 2.75) is 6.54 Å². The van der Waals surface area contributed by atoms with Crippen LogP contribution in [-0.2, 0) is 6.54 Å². The molecule has 0 bridgehead atoms. The lowest BCUT2D eigenvalue weighted by atomic mass is 10.1. The normalized spacial score (nSPS) is 10.3. The number of carbonyl (C=O) groups is 1. The number of rotatable bonds is 3. The molecule has 0 spiro atoms.